The number of halogens is 1. The smallest absolute Gasteiger partial charge is 0.0388 e. The molecule has 0 spiro atoms. The van der Waals surface area contributed by atoms with Crippen molar-refractivity contribution in [1.82, 2.24) is 5.32 Å². The first-order valence-electron chi connectivity index (χ1n) is 5.27. The summed E-state index contributed by atoms with van der Waals surface area (Å²) in [5.41, 5.74) is 1.30. The van der Waals surface area contributed by atoms with Crippen molar-refractivity contribution in [2.24, 2.45) is 0 Å². The first kappa shape index (κ1) is 11.8. The molecule has 0 radical (unpaired) electrons. The normalized spacial score (nSPS) is 12.6. The van der Waals surface area contributed by atoms with Gasteiger partial charge in [0.05, 0.1) is 0 Å². The van der Waals surface area contributed by atoms with E-state index in [1.165, 1.54) is 14.9 Å². The van der Waals surface area contributed by atoms with Crippen LogP contribution in [0.2, 0.25) is 0 Å². The molecule has 1 N–H and O–H groups in total. The zero-order chi connectivity index (χ0) is 11.4. The van der Waals surface area contributed by atoms with Gasteiger partial charge >= 0.3 is 0 Å². The zero-order valence-corrected chi connectivity index (χ0v) is 11.5. The van der Waals surface area contributed by atoms with Gasteiger partial charge in [0, 0.05) is 21.9 Å². The van der Waals surface area contributed by atoms with Crippen molar-refractivity contribution in [2.45, 2.75) is 19.5 Å². The molecule has 0 aliphatic rings. The summed E-state index contributed by atoms with van der Waals surface area (Å²) in [6.45, 7) is 3.09. The first-order chi connectivity index (χ1) is 7.77. The molecule has 1 unspecified atom stereocenters. The molecule has 3 heteroatoms. The summed E-state index contributed by atoms with van der Waals surface area (Å²) in [6, 6.07) is 13.0. The molecule has 0 amide bonds. The third-order valence-corrected chi connectivity index (χ3v) is 4.36. The van der Waals surface area contributed by atoms with Gasteiger partial charge in [-0.25, -0.2) is 0 Å². The van der Waals surface area contributed by atoms with Gasteiger partial charge in [-0.15, -0.1) is 11.3 Å². The molecule has 84 valence electrons. The van der Waals surface area contributed by atoms with Gasteiger partial charge in [-0.05, 0) is 30.0 Å². The Morgan fingerprint density at radius 2 is 2.06 bits per heavy atom. The molecule has 0 saturated carbocycles. The molecule has 16 heavy (non-hydrogen) atoms. The van der Waals surface area contributed by atoms with Crippen molar-refractivity contribution < 1.29 is 0 Å². The second kappa shape index (κ2) is 5.62. The second-order valence-electron chi connectivity index (χ2n) is 3.71. The van der Waals surface area contributed by atoms with E-state index < -0.39 is 0 Å². The molecular weight excluding hydrogens is 282 g/mol. The third-order valence-electron chi connectivity index (χ3n) is 2.53. The van der Waals surface area contributed by atoms with Crippen LogP contribution in [0.1, 0.15) is 23.4 Å². The lowest BCUT2D eigenvalue weighted by Crippen LogP contribution is -2.17. The summed E-state index contributed by atoms with van der Waals surface area (Å²) in [4.78, 5) is 1.38. The minimum atomic E-state index is 0.409. The van der Waals surface area contributed by atoms with Gasteiger partial charge in [-0.1, -0.05) is 40.2 Å². The summed E-state index contributed by atoms with van der Waals surface area (Å²) in [6.07, 6.45) is 0. The standard InChI is InChI=1S/C13H14BrNS/c1-10(13-7-4-8-16-13)15-9-11-5-2-3-6-12(11)14/h2-8,10,15H,9H2,1H3. The van der Waals surface area contributed by atoms with Gasteiger partial charge in [-0.2, -0.15) is 0 Å². The molecule has 0 aliphatic carbocycles. The van der Waals surface area contributed by atoms with Crippen LogP contribution in [-0.2, 0) is 6.54 Å². The lowest BCUT2D eigenvalue weighted by Gasteiger charge is -2.12. The number of rotatable bonds is 4. The van der Waals surface area contributed by atoms with Crippen LogP contribution < -0.4 is 5.32 Å². The predicted octanol–water partition coefficient (Wildman–Crippen LogP) is 4.36. The Bertz CT molecular complexity index is 439. The predicted molar refractivity (Wildman–Crippen MR) is 73.7 cm³/mol. The van der Waals surface area contributed by atoms with Crippen LogP contribution >= 0.6 is 27.3 Å². The molecule has 2 aromatic rings. The Labute approximate surface area is 109 Å². The molecule has 0 aliphatic heterocycles. The molecule has 1 aromatic carbocycles. The van der Waals surface area contributed by atoms with Gasteiger partial charge in [0.25, 0.3) is 0 Å². The van der Waals surface area contributed by atoms with E-state index in [9.17, 15) is 0 Å². The van der Waals surface area contributed by atoms with Crippen LogP contribution in [0, 0.1) is 0 Å². The van der Waals surface area contributed by atoms with E-state index in [2.05, 4.69) is 63.9 Å². The fourth-order valence-electron chi connectivity index (χ4n) is 1.54. The molecule has 0 bridgehead atoms. The van der Waals surface area contributed by atoms with Crippen molar-refractivity contribution in [3.05, 3.63) is 56.7 Å². The largest absolute Gasteiger partial charge is 0.305 e. The Hall–Kier alpha value is -0.640. The lowest BCUT2D eigenvalue weighted by molar-refractivity contribution is 0.582. The van der Waals surface area contributed by atoms with Gasteiger partial charge < -0.3 is 5.32 Å². The van der Waals surface area contributed by atoms with Crippen LogP contribution in [-0.4, -0.2) is 0 Å². The van der Waals surface area contributed by atoms with E-state index in [0.717, 1.165) is 6.54 Å². The highest BCUT2D eigenvalue weighted by Gasteiger charge is 2.06. The fourth-order valence-corrected chi connectivity index (χ4v) is 2.73. The number of thiophene rings is 1. The highest BCUT2D eigenvalue weighted by atomic mass is 79.9. The summed E-state index contributed by atoms with van der Waals surface area (Å²) >= 11 is 5.35. The molecule has 0 fully saturated rings. The zero-order valence-electron chi connectivity index (χ0n) is 9.11. The molecule has 1 heterocycles. The van der Waals surface area contributed by atoms with Crippen molar-refractivity contribution in [2.75, 3.05) is 0 Å². The van der Waals surface area contributed by atoms with Crippen molar-refractivity contribution >= 4 is 27.3 Å². The summed E-state index contributed by atoms with van der Waals surface area (Å²) in [7, 11) is 0. The lowest BCUT2D eigenvalue weighted by atomic mass is 10.2. The highest BCUT2D eigenvalue weighted by molar-refractivity contribution is 9.10. The first-order valence-corrected chi connectivity index (χ1v) is 6.95. The van der Waals surface area contributed by atoms with Gasteiger partial charge in [0.15, 0.2) is 0 Å². The summed E-state index contributed by atoms with van der Waals surface area (Å²) in [5, 5.41) is 5.64. The third kappa shape index (κ3) is 2.94. The Morgan fingerprint density at radius 1 is 1.25 bits per heavy atom. The van der Waals surface area contributed by atoms with Crippen LogP contribution in [0.25, 0.3) is 0 Å². The van der Waals surface area contributed by atoms with E-state index >= 15 is 0 Å². The maximum absolute atomic E-state index is 3.56. The average molecular weight is 296 g/mol. The highest BCUT2D eigenvalue weighted by Crippen LogP contribution is 2.20. The van der Waals surface area contributed by atoms with Crippen LogP contribution in [0.5, 0.6) is 0 Å². The SMILES string of the molecule is CC(NCc1ccccc1Br)c1cccs1. The summed E-state index contributed by atoms with van der Waals surface area (Å²) < 4.78 is 1.17. The molecule has 2 rings (SSSR count). The van der Waals surface area contributed by atoms with E-state index in [1.54, 1.807) is 11.3 Å². The van der Waals surface area contributed by atoms with Gasteiger partial charge in [-0.3, -0.25) is 0 Å². The Balaban J connectivity index is 1.95. The van der Waals surface area contributed by atoms with E-state index in [4.69, 9.17) is 0 Å². The number of benzene rings is 1. The molecule has 1 atom stereocenters. The number of hydrogen-bond donors (Lipinski definition) is 1. The topological polar surface area (TPSA) is 12.0 Å². The Kier molecular flexibility index (Phi) is 4.16. The van der Waals surface area contributed by atoms with E-state index in [1.807, 2.05) is 6.07 Å². The molecule has 1 aromatic heterocycles. The fraction of sp³-hybridized carbons (Fsp3) is 0.231. The van der Waals surface area contributed by atoms with E-state index in [-0.39, 0.29) is 0 Å². The number of nitrogens with one attached hydrogen (secondary N) is 1. The molecule has 1 nitrogen and oxygen atoms in total. The van der Waals surface area contributed by atoms with E-state index in [0.29, 0.717) is 6.04 Å². The van der Waals surface area contributed by atoms with Gasteiger partial charge in [0.1, 0.15) is 0 Å². The Morgan fingerprint density at radius 3 is 2.75 bits per heavy atom. The van der Waals surface area contributed by atoms with Crippen molar-refractivity contribution in [3.8, 4) is 0 Å². The number of hydrogen-bond acceptors (Lipinski definition) is 2. The second-order valence-corrected chi connectivity index (χ2v) is 5.54. The average Bonchev–Trinajstić information content (AvgIpc) is 2.81. The van der Waals surface area contributed by atoms with Crippen molar-refractivity contribution in [3.63, 3.8) is 0 Å². The van der Waals surface area contributed by atoms with Gasteiger partial charge in [0.2, 0.25) is 0 Å². The van der Waals surface area contributed by atoms with Crippen LogP contribution in [0.4, 0.5) is 0 Å². The molecule has 0 saturated heterocycles. The maximum atomic E-state index is 3.56. The van der Waals surface area contributed by atoms with Crippen molar-refractivity contribution in [1.29, 1.82) is 0 Å². The molecular formula is C13H14BrNS. The van der Waals surface area contributed by atoms with Crippen LogP contribution in [0.15, 0.2) is 46.3 Å². The minimum absolute atomic E-state index is 0.409. The minimum Gasteiger partial charge on any atom is -0.305 e. The van der Waals surface area contributed by atoms with Crippen LogP contribution in [0.3, 0.4) is 0 Å². The quantitative estimate of drug-likeness (QED) is 0.884. The maximum Gasteiger partial charge on any atom is 0.0388 e. The monoisotopic (exact) mass is 295 g/mol. The summed E-state index contributed by atoms with van der Waals surface area (Å²) in [5.74, 6) is 0.